The zero-order valence-electron chi connectivity index (χ0n) is 8.33. The molecular formula is C9H18N4. The number of nitrogens with zero attached hydrogens (tertiary/aromatic N) is 2. The van der Waals surface area contributed by atoms with Crippen LogP contribution in [0.1, 0.15) is 19.8 Å². The molecule has 1 unspecified atom stereocenters. The maximum absolute atomic E-state index is 5.79. The van der Waals surface area contributed by atoms with Crippen molar-refractivity contribution in [1.82, 2.24) is 9.78 Å². The summed E-state index contributed by atoms with van der Waals surface area (Å²) in [6.07, 6.45) is 3.82. The summed E-state index contributed by atoms with van der Waals surface area (Å²) in [7, 11) is 1.92. The first-order valence-corrected chi connectivity index (χ1v) is 4.71. The lowest BCUT2D eigenvalue weighted by molar-refractivity contribution is 0.611. The fraction of sp³-hybridized carbons (Fsp3) is 0.667. The number of aromatic nitrogens is 2. The lowest BCUT2D eigenvalue weighted by Crippen LogP contribution is -2.22. The summed E-state index contributed by atoms with van der Waals surface area (Å²) < 4.78 is 1.82. The summed E-state index contributed by atoms with van der Waals surface area (Å²) in [4.78, 5) is 0. The van der Waals surface area contributed by atoms with Crippen LogP contribution in [0.25, 0.3) is 0 Å². The number of nitrogens with two attached hydrogens (primary N) is 1. The number of hydrogen-bond acceptors (Lipinski definition) is 3. The van der Waals surface area contributed by atoms with Gasteiger partial charge in [-0.3, -0.25) is 4.68 Å². The molecule has 0 aliphatic rings. The molecule has 0 aromatic carbocycles. The third-order valence-electron chi connectivity index (χ3n) is 2.17. The van der Waals surface area contributed by atoms with E-state index in [0.29, 0.717) is 6.04 Å². The molecule has 13 heavy (non-hydrogen) atoms. The molecule has 0 amide bonds. The van der Waals surface area contributed by atoms with E-state index in [1.54, 1.807) is 6.20 Å². The molecule has 1 aromatic rings. The van der Waals surface area contributed by atoms with E-state index in [2.05, 4.69) is 17.3 Å². The van der Waals surface area contributed by atoms with Crippen LogP contribution in [0.4, 0.5) is 5.82 Å². The Hall–Kier alpha value is -1.03. The van der Waals surface area contributed by atoms with E-state index in [-0.39, 0.29) is 0 Å². The van der Waals surface area contributed by atoms with Gasteiger partial charge in [0, 0.05) is 25.7 Å². The molecule has 0 fully saturated rings. The van der Waals surface area contributed by atoms with Crippen LogP contribution in [-0.4, -0.2) is 22.4 Å². The summed E-state index contributed by atoms with van der Waals surface area (Å²) in [6, 6.07) is 2.26. The fourth-order valence-corrected chi connectivity index (χ4v) is 1.14. The minimum atomic E-state index is 0.306. The Labute approximate surface area is 79.1 Å². The standard InChI is InChI=1S/C9H18N4/c1-3-8(10)4-6-11-9-5-7-12-13(9)2/h5,7-8,11H,3-4,6,10H2,1-2H3. The molecule has 0 radical (unpaired) electrons. The van der Waals surface area contributed by atoms with E-state index in [1.807, 2.05) is 17.8 Å². The Morgan fingerprint density at radius 3 is 3.00 bits per heavy atom. The predicted octanol–water partition coefficient (Wildman–Crippen LogP) is 0.959. The zero-order valence-corrected chi connectivity index (χ0v) is 8.33. The first-order chi connectivity index (χ1) is 6.24. The predicted molar refractivity (Wildman–Crippen MR) is 54.6 cm³/mol. The Balaban J connectivity index is 2.24. The maximum atomic E-state index is 5.79. The van der Waals surface area contributed by atoms with Crippen molar-refractivity contribution in [1.29, 1.82) is 0 Å². The second-order valence-corrected chi connectivity index (χ2v) is 3.22. The second kappa shape index (κ2) is 4.87. The summed E-state index contributed by atoms with van der Waals surface area (Å²) in [5.74, 6) is 1.04. The first kappa shape index (κ1) is 10.1. The Morgan fingerprint density at radius 2 is 2.46 bits per heavy atom. The van der Waals surface area contributed by atoms with Crippen LogP contribution >= 0.6 is 0 Å². The van der Waals surface area contributed by atoms with Crippen LogP contribution in [0, 0.1) is 0 Å². The normalized spacial score (nSPS) is 12.8. The molecule has 4 heteroatoms. The van der Waals surface area contributed by atoms with Crippen molar-refractivity contribution >= 4 is 5.82 Å². The number of aryl methyl sites for hydroxylation is 1. The summed E-state index contributed by atoms with van der Waals surface area (Å²) in [6.45, 7) is 3.02. The zero-order chi connectivity index (χ0) is 9.68. The van der Waals surface area contributed by atoms with E-state index in [0.717, 1.165) is 25.2 Å². The van der Waals surface area contributed by atoms with Crippen molar-refractivity contribution in [2.75, 3.05) is 11.9 Å². The van der Waals surface area contributed by atoms with Crippen LogP contribution in [-0.2, 0) is 7.05 Å². The highest BCUT2D eigenvalue weighted by atomic mass is 15.3. The molecule has 0 bridgehead atoms. The third kappa shape index (κ3) is 3.06. The quantitative estimate of drug-likeness (QED) is 0.713. The van der Waals surface area contributed by atoms with Crippen molar-refractivity contribution in [2.45, 2.75) is 25.8 Å². The SMILES string of the molecule is CCC(N)CCNc1ccnn1C. The Bertz CT molecular complexity index is 244. The van der Waals surface area contributed by atoms with Gasteiger partial charge < -0.3 is 11.1 Å². The molecule has 1 atom stereocenters. The Kier molecular flexibility index (Phi) is 3.76. The molecule has 1 heterocycles. The smallest absolute Gasteiger partial charge is 0.123 e. The van der Waals surface area contributed by atoms with Crippen LogP contribution < -0.4 is 11.1 Å². The van der Waals surface area contributed by atoms with Gasteiger partial charge in [0.2, 0.25) is 0 Å². The average Bonchev–Trinajstić information content (AvgIpc) is 2.52. The van der Waals surface area contributed by atoms with E-state index in [9.17, 15) is 0 Å². The second-order valence-electron chi connectivity index (χ2n) is 3.22. The molecule has 0 aliphatic heterocycles. The molecule has 0 aliphatic carbocycles. The van der Waals surface area contributed by atoms with E-state index >= 15 is 0 Å². The monoisotopic (exact) mass is 182 g/mol. The highest BCUT2D eigenvalue weighted by Crippen LogP contribution is 2.03. The van der Waals surface area contributed by atoms with Gasteiger partial charge in [-0.15, -0.1) is 0 Å². The number of anilines is 1. The minimum absolute atomic E-state index is 0.306. The average molecular weight is 182 g/mol. The number of rotatable bonds is 5. The summed E-state index contributed by atoms with van der Waals surface area (Å²) in [5.41, 5.74) is 5.79. The van der Waals surface area contributed by atoms with Gasteiger partial charge in [-0.1, -0.05) is 6.92 Å². The van der Waals surface area contributed by atoms with Crippen molar-refractivity contribution in [2.24, 2.45) is 12.8 Å². The van der Waals surface area contributed by atoms with Crippen molar-refractivity contribution < 1.29 is 0 Å². The summed E-state index contributed by atoms with van der Waals surface area (Å²) >= 11 is 0. The molecule has 0 saturated carbocycles. The minimum Gasteiger partial charge on any atom is -0.370 e. The molecule has 0 spiro atoms. The van der Waals surface area contributed by atoms with Crippen molar-refractivity contribution in [3.63, 3.8) is 0 Å². The maximum Gasteiger partial charge on any atom is 0.123 e. The lowest BCUT2D eigenvalue weighted by Gasteiger charge is -2.10. The highest BCUT2D eigenvalue weighted by molar-refractivity contribution is 5.33. The van der Waals surface area contributed by atoms with Gasteiger partial charge >= 0.3 is 0 Å². The molecular weight excluding hydrogens is 164 g/mol. The molecule has 3 N–H and O–H groups in total. The van der Waals surface area contributed by atoms with E-state index in [1.165, 1.54) is 0 Å². The van der Waals surface area contributed by atoms with Crippen LogP contribution in [0.2, 0.25) is 0 Å². The lowest BCUT2D eigenvalue weighted by atomic mass is 10.2. The summed E-state index contributed by atoms with van der Waals surface area (Å²) in [5, 5.41) is 7.34. The van der Waals surface area contributed by atoms with Gasteiger partial charge in [-0.25, -0.2) is 0 Å². The number of nitrogens with one attached hydrogen (secondary N) is 1. The highest BCUT2D eigenvalue weighted by Gasteiger charge is 1.99. The topological polar surface area (TPSA) is 55.9 Å². The molecule has 0 saturated heterocycles. The van der Waals surface area contributed by atoms with Gasteiger partial charge in [-0.2, -0.15) is 5.10 Å². The fourth-order valence-electron chi connectivity index (χ4n) is 1.14. The third-order valence-corrected chi connectivity index (χ3v) is 2.17. The first-order valence-electron chi connectivity index (χ1n) is 4.71. The van der Waals surface area contributed by atoms with Crippen molar-refractivity contribution in [3.05, 3.63) is 12.3 Å². The molecule has 74 valence electrons. The molecule has 1 rings (SSSR count). The van der Waals surface area contributed by atoms with Gasteiger partial charge in [-0.05, 0) is 12.8 Å². The van der Waals surface area contributed by atoms with Crippen LogP contribution in [0.3, 0.4) is 0 Å². The van der Waals surface area contributed by atoms with Crippen LogP contribution in [0.5, 0.6) is 0 Å². The largest absolute Gasteiger partial charge is 0.370 e. The van der Waals surface area contributed by atoms with Crippen LogP contribution in [0.15, 0.2) is 12.3 Å². The molecule has 4 nitrogen and oxygen atoms in total. The van der Waals surface area contributed by atoms with E-state index in [4.69, 9.17) is 5.73 Å². The van der Waals surface area contributed by atoms with Gasteiger partial charge in [0.05, 0.1) is 6.20 Å². The molecule has 1 aromatic heterocycles. The van der Waals surface area contributed by atoms with Gasteiger partial charge in [0.25, 0.3) is 0 Å². The number of hydrogen-bond donors (Lipinski definition) is 2. The van der Waals surface area contributed by atoms with Gasteiger partial charge in [0.15, 0.2) is 0 Å². The van der Waals surface area contributed by atoms with E-state index < -0.39 is 0 Å². The van der Waals surface area contributed by atoms with Gasteiger partial charge in [0.1, 0.15) is 5.82 Å². The van der Waals surface area contributed by atoms with Crippen molar-refractivity contribution in [3.8, 4) is 0 Å². The Morgan fingerprint density at radius 1 is 1.69 bits per heavy atom.